The van der Waals surface area contributed by atoms with Gasteiger partial charge in [0.05, 0.1) is 0 Å². The third kappa shape index (κ3) is 4.23. The molecule has 0 aliphatic rings. The molecule has 15 heavy (non-hydrogen) atoms. The molecule has 0 saturated heterocycles. The maximum Gasteiger partial charge on any atom is 0.137 e. The van der Waals surface area contributed by atoms with Crippen molar-refractivity contribution in [2.75, 3.05) is 0 Å². The lowest BCUT2D eigenvalue weighted by Crippen LogP contribution is -2.02. The summed E-state index contributed by atoms with van der Waals surface area (Å²) >= 11 is 11.8. The zero-order valence-electron chi connectivity index (χ0n) is 8.72. The van der Waals surface area contributed by atoms with Gasteiger partial charge in [0.15, 0.2) is 0 Å². The number of hydrogen-bond acceptors (Lipinski definition) is 1. The number of Topliss-reactive ketones (excluding diaryl/α,β-unsaturated/α-hetero) is 1. The summed E-state index contributed by atoms with van der Waals surface area (Å²) in [5.74, 6) is 0.223. The van der Waals surface area contributed by atoms with Crippen molar-refractivity contribution in [1.29, 1.82) is 0 Å². The Bertz CT molecular complexity index is 347. The number of unbranched alkanes of at least 4 members (excludes halogenated alkanes) is 1. The van der Waals surface area contributed by atoms with Gasteiger partial charge < -0.3 is 0 Å². The SMILES string of the molecule is CCCCC(=O)Cc1cc(Cl)ccc1Cl. The Hall–Kier alpha value is -0.530. The number of halogens is 2. The second-order valence-corrected chi connectivity index (χ2v) is 4.40. The van der Waals surface area contributed by atoms with Gasteiger partial charge in [0.25, 0.3) is 0 Å². The molecule has 0 spiro atoms. The summed E-state index contributed by atoms with van der Waals surface area (Å²) in [5, 5.41) is 1.24. The predicted molar refractivity (Wildman–Crippen MR) is 64.7 cm³/mol. The molecule has 0 heterocycles. The molecule has 0 radical (unpaired) electrons. The van der Waals surface area contributed by atoms with Gasteiger partial charge >= 0.3 is 0 Å². The van der Waals surface area contributed by atoms with Crippen LogP contribution in [0.1, 0.15) is 31.7 Å². The molecule has 1 nitrogen and oxygen atoms in total. The Labute approximate surface area is 100 Å². The minimum Gasteiger partial charge on any atom is -0.299 e. The van der Waals surface area contributed by atoms with Crippen molar-refractivity contribution in [3.05, 3.63) is 33.8 Å². The highest BCUT2D eigenvalue weighted by molar-refractivity contribution is 6.33. The van der Waals surface area contributed by atoms with E-state index in [1.54, 1.807) is 18.2 Å². The standard InChI is InChI=1S/C12H14Cl2O/c1-2-3-4-11(15)8-9-7-10(13)5-6-12(9)14/h5-7H,2-4,8H2,1H3. The highest BCUT2D eigenvalue weighted by atomic mass is 35.5. The number of ketones is 1. The zero-order chi connectivity index (χ0) is 11.3. The van der Waals surface area contributed by atoms with Gasteiger partial charge in [-0.05, 0) is 30.2 Å². The first kappa shape index (κ1) is 12.5. The van der Waals surface area contributed by atoms with Crippen LogP contribution in [0.5, 0.6) is 0 Å². The van der Waals surface area contributed by atoms with Crippen LogP contribution in [-0.4, -0.2) is 5.78 Å². The van der Waals surface area contributed by atoms with E-state index in [0.29, 0.717) is 22.9 Å². The van der Waals surface area contributed by atoms with Crippen LogP contribution in [0.25, 0.3) is 0 Å². The molecule has 1 aromatic rings. The van der Waals surface area contributed by atoms with Crippen molar-refractivity contribution in [2.24, 2.45) is 0 Å². The summed E-state index contributed by atoms with van der Waals surface area (Å²) in [4.78, 5) is 11.5. The maximum absolute atomic E-state index is 11.5. The maximum atomic E-state index is 11.5. The van der Waals surface area contributed by atoms with Gasteiger partial charge in [0.1, 0.15) is 5.78 Å². The van der Waals surface area contributed by atoms with Gasteiger partial charge in [-0.1, -0.05) is 36.5 Å². The molecule has 0 unspecified atom stereocenters. The van der Waals surface area contributed by atoms with E-state index in [1.807, 2.05) is 0 Å². The fourth-order valence-corrected chi connectivity index (χ4v) is 1.73. The first-order chi connectivity index (χ1) is 7.13. The van der Waals surface area contributed by atoms with Gasteiger partial charge in [0.2, 0.25) is 0 Å². The molecule has 0 saturated carbocycles. The molecule has 3 heteroatoms. The van der Waals surface area contributed by atoms with Crippen LogP contribution >= 0.6 is 23.2 Å². The van der Waals surface area contributed by atoms with E-state index >= 15 is 0 Å². The topological polar surface area (TPSA) is 17.1 Å². The molecule has 0 amide bonds. The van der Waals surface area contributed by atoms with E-state index in [1.165, 1.54) is 0 Å². The van der Waals surface area contributed by atoms with E-state index in [4.69, 9.17) is 23.2 Å². The quantitative estimate of drug-likeness (QED) is 0.756. The van der Waals surface area contributed by atoms with E-state index in [9.17, 15) is 4.79 Å². The third-order valence-electron chi connectivity index (χ3n) is 2.20. The van der Waals surface area contributed by atoms with Gasteiger partial charge in [0, 0.05) is 22.9 Å². The monoisotopic (exact) mass is 244 g/mol. The van der Waals surface area contributed by atoms with Crippen molar-refractivity contribution in [1.82, 2.24) is 0 Å². The van der Waals surface area contributed by atoms with Crippen LogP contribution in [0, 0.1) is 0 Å². The average Bonchev–Trinajstić information content (AvgIpc) is 2.20. The number of benzene rings is 1. The van der Waals surface area contributed by atoms with E-state index < -0.39 is 0 Å². The number of carbonyl (C=O) groups excluding carboxylic acids is 1. The van der Waals surface area contributed by atoms with Crippen LogP contribution in [-0.2, 0) is 11.2 Å². The zero-order valence-corrected chi connectivity index (χ0v) is 10.2. The second-order valence-electron chi connectivity index (χ2n) is 3.55. The summed E-state index contributed by atoms with van der Waals surface area (Å²) < 4.78 is 0. The van der Waals surface area contributed by atoms with Crippen LogP contribution in [0.2, 0.25) is 10.0 Å². The van der Waals surface area contributed by atoms with Gasteiger partial charge in [-0.25, -0.2) is 0 Å². The summed E-state index contributed by atoms with van der Waals surface area (Å²) in [7, 11) is 0. The lowest BCUT2D eigenvalue weighted by molar-refractivity contribution is -0.118. The second kappa shape index (κ2) is 6.14. The molecule has 82 valence electrons. The molecule has 1 aromatic carbocycles. The number of hydrogen-bond donors (Lipinski definition) is 0. The summed E-state index contributed by atoms with van der Waals surface area (Å²) in [5.41, 5.74) is 0.824. The minimum atomic E-state index is 0.223. The molecular formula is C12H14Cl2O. The summed E-state index contributed by atoms with van der Waals surface area (Å²) in [6.45, 7) is 2.07. The molecule has 1 rings (SSSR count). The van der Waals surface area contributed by atoms with Crippen LogP contribution < -0.4 is 0 Å². The summed E-state index contributed by atoms with van der Waals surface area (Å²) in [6, 6.07) is 5.21. The Morgan fingerprint density at radius 2 is 2.07 bits per heavy atom. The van der Waals surface area contributed by atoms with Gasteiger partial charge in [-0.3, -0.25) is 4.79 Å². The lowest BCUT2D eigenvalue weighted by atomic mass is 10.1. The highest BCUT2D eigenvalue weighted by Crippen LogP contribution is 2.21. The molecule has 0 bridgehead atoms. The Balaban J connectivity index is 2.63. The fraction of sp³-hybridized carbons (Fsp3) is 0.417. The van der Waals surface area contributed by atoms with Crippen molar-refractivity contribution in [3.63, 3.8) is 0 Å². The summed E-state index contributed by atoms with van der Waals surface area (Å²) in [6.07, 6.45) is 2.99. The third-order valence-corrected chi connectivity index (χ3v) is 2.81. The average molecular weight is 245 g/mol. The van der Waals surface area contributed by atoms with Crippen molar-refractivity contribution < 1.29 is 4.79 Å². The fourth-order valence-electron chi connectivity index (χ4n) is 1.35. The molecular weight excluding hydrogens is 231 g/mol. The molecule has 0 atom stereocenters. The first-order valence-corrected chi connectivity index (χ1v) is 5.84. The van der Waals surface area contributed by atoms with Crippen molar-refractivity contribution in [3.8, 4) is 0 Å². The predicted octanol–water partition coefficient (Wildman–Crippen LogP) is 4.30. The molecule has 0 fully saturated rings. The van der Waals surface area contributed by atoms with Gasteiger partial charge in [-0.2, -0.15) is 0 Å². The number of rotatable bonds is 5. The Morgan fingerprint density at radius 3 is 2.73 bits per heavy atom. The van der Waals surface area contributed by atoms with Gasteiger partial charge in [-0.15, -0.1) is 0 Å². The normalized spacial score (nSPS) is 10.3. The lowest BCUT2D eigenvalue weighted by Gasteiger charge is -2.03. The Morgan fingerprint density at radius 1 is 1.33 bits per heavy atom. The van der Waals surface area contributed by atoms with E-state index in [2.05, 4.69) is 6.92 Å². The van der Waals surface area contributed by atoms with Crippen LogP contribution in [0.4, 0.5) is 0 Å². The van der Waals surface area contributed by atoms with Crippen molar-refractivity contribution in [2.45, 2.75) is 32.6 Å². The minimum absolute atomic E-state index is 0.223. The van der Waals surface area contributed by atoms with Crippen LogP contribution in [0.15, 0.2) is 18.2 Å². The molecule has 0 aliphatic carbocycles. The van der Waals surface area contributed by atoms with Crippen molar-refractivity contribution >= 4 is 29.0 Å². The Kier molecular flexibility index (Phi) is 5.13. The van der Waals surface area contributed by atoms with E-state index in [-0.39, 0.29) is 5.78 Å². The van der Waals surface area contributed by atoms with E-state index in [0.717, 1.165) is 18.4 Å². The molecule has 0 aliphatic heterocycles. The highest BCUT2D eigenvalue weighted by Gasteiger charge is 2.07. The number of carbonyl (C=O) groups is 1. The van der Waals surface area contributed by atoms with Crippen LogP contribution in [0.3, 0.4) is 0 Å². The smallest absolute Gasteiger partial charge is 0.137 e. The largest absolute Gasteiger partial charge is 0.299 e. The first-order valence-electron chi connectivity index (χ1n) is 5.09. The molecule has 0 N–H and O–H groups in total. The molecule has 0 aromatic heterocycles.